The minimum Gasteiger partial charge on any atom is -0.382 e. The number of nitrogens with one attached hydrogen (secondary N) is 2. The van der Waals surface area contributed by atoms with E-state index in [-0.39, 0.29) is 11.8 Å². The lowest BCUT2D eigenvalue weighted by atomic mass is 9.87. The second-order valence-electron chi connectivity index (χ2n) is 5.95. The largest absolute Gasteiger partial charge is 0.382 e. The van der Waals surface area contributed by atoms with Gasteiger partial charge in [-0.25, -0.2) is 0 Å². The first-order chi connectivity index (χ1) is 10.7. The molecule has 22 heavy (non-hydrogen) atoms. The van der Waals surface area contributed by atoms with Crippen molar-refractivity contribution in [2.75, 3.05) is 11.9 Å². The molecule has 1 aliphatic rings. The predicted octanol–water partition coefficient (Wildman–Crippen LogP) is 3.33. The van der Waals surface area contributed by atoms with E-state index in [1.54, 1.807) is 0 Å². The van der Waals surface area contributed by atoms with Crippen LogP contribution in [0.25, 0.3) is 0 Å². The highest BCUT2D eigenvalue weighted by atomic mass is 16.1. The molecule has 3 rings (SSSR count). The fourth-order valence-corrected chi connectivity index (χ4v) is 3.08. The Morgan fingerprint density at radius 3 is 2.68 bits per heavy atom. The number of carbonyl (C=O) groups excluding carboxylic acids is 1. The van der Waals surface area contributed by atoms with Gasteiger partial charge in [-0.05, 0) is 37.0 Å². The van der Waals surface area contributed by atoms with Crippen molar-refractivity contribution >= 4 is 11.6 Å². The molecule has 0 fully saturated rings. The van der Waals surface area contributed by atoms with Crippen LogP contribution in [-0.2, 0) is 11.2 Å². The summed E-state index contributed by atoms with van der Waals surface area (Å²) in [6.45, 7) is 2.81. The SMILES string of the molecule is CC1CC(C(=O)NCCc2ccccc2)c2ccccc2N1. The maximum Gasteiger partial charge on any atom is 0.227 e. The Labute approximate surface area is 131 Å². The Balaban J connectivity index is 1.63. The first-order valence-corrected chi connectivity index (χ1v) is 7.91. The molecule has 2 atom stereocenters. The molecule has 1 amide bonds. The summed E-state index contributed by atoms with van der Waals surface area (Å²) in [7, 11) is 0. The number of anilines is 1. The van der Waals surface area contributed by atoms with E-state index in [4.69, 9.17) is 0 Å². The monoisotopic (exact) mass is 294 g/mol. The number of amides is 1. The predicted molar refractivity (Wildman–Crippen MR) is 90.0 cm³/mol. The van der Waals surface area contributed by atoms with Crippen LogP contribution in [0.4, 0.5) is 5.69 Å². The van der Waals surface area contributed by atoms with Crippen LogP contribution in [0, 0.1) is 0 Å². The molecule has 0 aliphatic carbocycles. The van der Waals surface area contributed by atoms with Crippen LogP contribution in [0.15, 0.2) is 54.6 Å². The highest BCUT2D eigenvalue weighted by molar-refractivity contribution is 5.86. The molecule has 0 saturated heterocycles. The van der Waals surface area contributed by atoms with Crippen molar-refractivity contribution in [2.45, 2.75) is 31.7 Å². The van der Waals surface area contributed by atoms with Crippen molar-refractivity contribution in [1.82, 2.24) is 5.32 Å². The molecule has 3 nitrogen and oxygen atoms in total. The number of rotatable bonds is 4. The zero-order valence-corrected chi connectivity index (χ0v) is 12.9. The summed E-state index contributed by atoms with van der Waals surface area (Å²) in [5.74, 6) is 0.0833. The van der Waals surface area contributed by atoms with Crippen LogP contribution in [-0.4, -0.2) is 18.5 Å². The summed E-state index contributed by atoms with van der Waals surface area (Å²) < 4.78 is 0. The molecule has 0 bridgehead atoms. The Kier molecular flexibility index (Phi) is 4.42. The van der Waals surface area contributed by atoms with Crippen molar-refractivity contribution in [2.24, 2.45) is 0 Å². The van der Waals surface area contributed by atoms with Crippen LogP contribution in [0.2, 0.25) is 0 Å². The van der Waals surface area contributed by atoms with E-state index in [9.17, 15) is 4.79 Å². The topological polar surface area (TPSA) is 41.1 Å². The number of carbonyl (C=O) groups is 1. The standard InChI is InChI=1S/C19H22N2O/c1-14-13-17(16-9-5-6-10-18(16)21-14)19(22)20-12-11-15-7-3-2-4-8-15/h2-10,14,17,21H,11-13H2,1H3,(H,20,22). The Morgan fingerprint density at radius 2 is 1.86 bits per heavy atom. The van der Waals surface area contributed by atoms with Gasteiger partial charge in [-0.15, -0.1) is 0 Å². The van der Waals surface area contributed by atoms with Crippen molar-refractivity contribution in [3.05, 3.63) is 65.7 Å². The van der Waals surface area contributed by atoms with Crippen LogP contribution in [0.1, 0.15) is 30.4 Å². The quantitative estimate of drug-likeness (QED) is 0.908. The third-order valence-corrected chi connectivity index (χ3v) is 4.20. The Bertz CT molecular complexity index is 639. The third-order valence-electron chi connectivity index (χ3n) is 4.20. The zero-order chi connectivity index (χ0) is 15.4. The average molecular weight is 294 g/mol. The summed E-state index contributed by atoms with van der Waals surface area (Å²) >= 11 is 0. The van der Waals surface area contributed by atoms with Gasteiger partial charge in [0.2, 0.25) is 5.91 Å². The molecular weight excluding hydrogens is 272 g/mol. The molecule has 0 saturated carbocycles. The highest BCUT2D eigenvalue weighted by Gasteiger charge is 2.29. The fraction of sp³-hybridized carbons (Fsp3) is 0.316. The normalized spacial score (nSPS) is 19.9. The van der Waals surface area contributed by atoms with Crippen LogP contribution < -0.4 is 10.6 Å². The lowest BCUT2D eigenvalue weighted by Gasteiger charge is -2.30. The number of fused-ring (bicyclic) bond motifs is 1. The van der Waals surface area contributed by atoms with E-state index in [2.05, 4.69) is 41.8 Å². The van der Waals surface area contributed by atoms with Crippen molar-refractivity contribution < 1.29 is 4.79 Å². The number of para-hydroxylation sites is 1. The average Bonchev–Trinajstić information content (AvgIpc) is 2.55. The van der Waals surface area contributed by atoms with Gasteiger partial charge in [0.25, 0.3) is 0 Å². The molecule has 2 aromatic carbocycles. The van der Waals surface area contributed by atoms with Crippen molar-refractivity contribution in [1.29, 1.82) is 0 Å². The third kappa shape index (κ3) is 3.30. The van der Waals surface area contributed by atoms with Crippen molar-refractivity contribution in [3.8, 4) is 0 Å². The molecule has 1 aliphatic heterocycles. The second kappa shape index (κ2) is 6.65. The fourth-order valence-electron chi connectivity index (χ4n) is 3.08. The summed E-state index contributed by atoms with van der Waals surface area (Å²) in [5, 5.41) is 6.54. The molecular formula is C19H22N2O. The van der Waals surface area contributed by atoms with Gasteiger partial charge < -0.3 is 10.6 Å². The molecule has 0 aromatic heterocycles. The van der Waals surface area contributed by atoms with E-state index >= 15 is 0 Å². The zero-order valence-electron chi connectivity index (χ0n) is 12.9. The van der Waals surface area contributed by atoms with Gasteiger partial charge >= 0.3 is 0 Å². The minimum absolute atomic E-state index is 0.0526. The van der Waals surface area contributed by atoms with Gasteiger partial charge in [0, 0.05) is 18.3 Å². The van der Waals surface area contributed by atoms with Gasteiger partial charge in [-0.3, -0.25) is 4.79 Å². The van der Waals surface area contributed by atoms with Crippen LogP contribution in [0.3, 0.4) is 0 Å². The lowest BCUT2D eigenvalue weighted by Crippen LogP contribution is -2.36. The van der Waals surface area contributed by atoms with Gasteiger partial charge in [0.05, 0.1) is 5.92 Å². The molecule has 114 valence electrons. The van der Waals surface area contributed by atoms with Crippen LogP contribution >= 0.6 is 0 Å². The highest BCUT2D eigenvalue weighted by Crippen LogP contribution is 2.34. The Morgan fingerprint density at radius 1 is 1.14 bits per heavy atom. The molecule has 2 N–H and O–H groups in total. The second-order valence-corrected chi connectivity index (χ2v) is 5.95. The first kappa shape index (κ1) is 14.6. The van der Waals surface area contributed by atoms with Crippen LogP contribution in [0.5, 0.6) is 0 Å². The van der Waals surface area contributed by atoms with E-state index < -0.39 is 0 Å². The number of hydrogen-bond acceptors (Lipinski definition) is 2. The summed E-state index contributed by atoms with van der Waals surface area (Å²) in [4.78, 5) is 12.6. The molecule has 0 radical (unpaired) electrons. The van der Waals surface area contributed by atoms with Gasteiger partial charge in [-0.2, -0.15) is 0 Å². The summed E-state index contributed by atoms with van der Waals surface area (Å²) in [5.41, 5.74) is 3.45. The molecule has 2 aromatic rings. The summed E-state index contributed by atoms with van der Waals surface area (Å²) in [6, 6.07) is 18.7. The molecule has 1 heterocycles. The van der Waals surface area contributed by atoms with E-state index in [1.807, 2.05) is 30.3 Å². The van der Waals surface area contributed by atoms with Gasteiger partial charge in [0.15, 0.2) is 0 Å². The van der Waals surface area contributed by atoms with E-state index in [0.717, 1.165) is 24.1 Å². The van der Waals surface area contributed by atoms with E-state index in [0.29, 0.717) is 12.6 Å². The minimum atomic E-state index is -0.0526. The Hall–Kier alpha value is -2.29. The molecule has 3 heteroatoms. The first-order valence-electron chi connectivity index (χ1n) is 7.91. The lowest BCUT2D eigenvalue weighted by molar-refractivity contribution is -0.122. The molecule has 0 spiro atoms. The maximum atomic E-state index is 12.6. The maximum absolute atomic E-state index is 12.6. The number of benzene rings is 2. The van der Waals surface area contributed by atoms with Gasteiger partial charge in [-0.1, -0.05) is 48.5 Å². The smallest absolute Gasteiger partial charge is 0.227 e. The van der Waals surface area contributed by atoms with Crippen molar-refractivity contribution in [3.63, 3.8) is 0 Å². The number of hydrogen-bond donors (Lipinski definition) is 2. The van der Waals surface area contributed by atoms with Gasteiger partial charge in [0.1, 0.15) is 0 Å². The molecule has 2 unspecified atom stereocenters. The summed E-state index contributed by atoms with van der Waals surface area (Å²) in [6.07, 6.45) is 1.71. The van der Waals surface area contributed by atoms with E-state index in [1.165, 1.54) is 5.56 Å².